The number of aromatic nitrogens is 3. The van der Waals surface area contributed by atoms with Crippen LogP contribution in [0.5, 0.6) is 0 Å². The van der Waals surface area contributed by atoms with Crippen molar-refractivity contribution in [3.63, 3.8) is 0 Å². The summed E-state index contributed by atoms with van der Waals surface area (Å²) in [6.45, 7) is 0.996. The zero-order chi connectivity index (χ0) is 17.4. The van der Waals surface area contributed by atoms with Gasteiger partial charge in [0.2, 0.25) is 0 Å². The van der Waals surface area contributed by atoms with Crippen LogP contribution in [0.3, 0.4) is 0 Å². The molecule has 0 N–H and O–H groups in total. The van der Waals surface area contributed by atoms with E-state index < -0.39 is 17.4 Å². The van der Waals surface area contributed by atoms with Gasteiger partial charge in [0.25, 0.3) is 0 Å². The van der Waals surface area contributed by atoms with E-state index in [9.17, 15) is 14.9 Å². The monoisotopic (exact) mass is 354 g/mol. The number of piperazine rings is 1. The average molecular weight is 354 g/mol. The first kappa shape index (κ1) is 15.7. The van der Waals surface area contributed by atoms with Crippen molar-refractivity contribution in [1.29, 1.82) is 5.26 Å². The molecule has 9 heteroatoms. The molecule has 2 aliphatic rings. The summed E-state index contributed by atoms with van der Waals surface area (Å²) >= 11 is 1.47. The van der Waals surface area contributed by atoms with E-state index in [-0.39, 0.29) is 6.54 Å². The van der Waals surface area contributed by atoms with Crippen LogP contribution in [0.25, 0.3) is 10.7 Å². The van der Waals surface area contributed by atoms with Gasteiger partial charge < -0.3 is 9.80 Å². The SMILES string of the molecule is N#CC1(N2CCN(Cc3ccc(-c4nccs4)nn3)C(=O)C2=O)CC1. The molecule has 3 heterocycles. The van der Waals surface area contributed by atoms with Crippen LogP contribution >= 0.6 is 11.3 Å². The van der Waals surface area contributed by atoms with Crippen LogP contribution in [0.4, 0.5) is 0 Å². The molecule has 4 rings (SSSR count). The van der Waals surface area contributed by atoms with Crippen molar-refractivity contribution >= 4 is 23.2 Å². The number of amides is 2. The molecule has 2 amide bonds. The van der Waals surface area contributed by atoms with Gasteiger partial charge in [-0.2, -0.15) is 10.4 Å². The van der Waals surface area contributed by atoms with Crippen LogP contribution in [-0.4, -0.2) is 55.4 Å². The summed E-state index contributed by atoms with van der Waals surface area (Å²) in [7, 11) is 0. The van der Waals surface area contributed by atoms with Crippen LogP contribution in [0, 0.1) is 11.3 Å². The highest BCUT2D eigenvalue weighted by Crippen LogP contribution is 2.41. The van der Waals surface area contributed by atoms with Gasteiger partial charge in [0, 0.05) is 24.7 Å². The Balaban J connectivity index is 1.44. The predicted octanol–water partition coefficient (Wildman–Crippen LogP) is 0.827. The van der Waals surface area contributed by atoms with Crippen LogP contribution in [-0.2, 0) is 16.1 Å². The normalized spacial score (nSPS) is 19.0. The molecule has 2 aromatic rings. The molecule has 1 saturated heterocycles. The highest BCUT2D eigenvalue weighted by molar-refractivity contribution is 7.13. The number of rotatable bonds is 4. The smallest absolute Gasteiger partial charge is 0.313 e. The van der Waals surface area contributed by atoms with E-state index in [1.165, 1.54) is 21.1 Å². The van der Waals surface area contributed by atoms with Gasteiger partial charge in [-0.1, -0.05) is 0 Å². The van der Waals surface area contributed by atoms with Crippen LogP contribution < -0.4 is 0 Å². The lowest BCUT2D eigenvalue weighted by Gasteiger charge is -2.36. The van der Waals surface area contributed by atoms with Crippen molar-refractivity contribution in [2.24, 2.45) is 0 Å². The number of nitriles is 1. The maximum Gasteiger partial charge on any atom is 0.313 e. The minimum Gasteiger partial charge on any atom is -0.327 e. The molecule has 0 unspecified atom stereocenters. The molecule has 0 spiro atoms. The van der Waals surface area contributed by atoms with E-state index in [1.54, 1.807) is 18.3 Å². The summed E-state index contributed by atoms with van der Waals surface area (Å²) < 4.78 is 0. The van der Waals surface area contributed by atoms with Gasteiger partial charge in [0.05, 0.1) is 18.3 Å². The Kier molecular flexibility index (Phi) is 3.69. The molecule has 2 aromatic heterocycles. The number of carbonyl (C=O) groups excluding carboxylic acids is 2. The Hall–Kier alpha value is -2.86. The van der Waals surface area contributed by atoms with Crippen molar-refractivity contribution in [3.8, 4) is 16.8 Å². The number of thiazole rings is 1. The zero-order valence-corrected chi connectivity index (χ0v) is 14.1. The lowest BCUT2D eigenvalue weighted by atomic mass is 10.2. The van der Waals surface area contributed by atoms with E-state index in [1.807, 2.05) is 5.38 Å². The Bertz CT molecular complexity index is 854. The van der Waals surface area contributed by atoms with Gasteiger partial charge in [-0.25, -0.2) is 4.98 Å². The van der Waals surface area contributed by atoms with Gasteiger partial charge in [-0.05, 0) is 25.0 Å². The molecule has 0 bridgehead atoms. The molecule has 25 heavy (non-hydrogen) atoms. The van der Waals surface area contributed by atoms with Gasteiger partial charge in [0.15, 0.2) is 0 Å². The highest BCUT2D eigenvalue weighted by atomic mass is 32.1. The first-order valence-corrected chi connectivity index (χ1v) is 8.75. The number of hydrogen-bond donors (Lipinski definition) is 0. The van der Waals surface area contributed by atoms with Crippen LogP contribution in [0.15, 0.2) is 23.7 Å². The summed E-state index contributed by atoms with van der Waals surface area (Å²) in [5, 5.41) is 20.1. The van der Waals surface area contributed by atoms with Crippen molar-refractivity contribution < 1.29 is 9.59 Å². The Morgan fingerprint density at radius 2 is 2.04 bits per heavy atom. The largest absolute Gasteiger partial charge is 0.327 e. The number of carbonyl (C=O) groups is 2. The molecule has 1 aliphatic carbocycles. The van der Waals surface area contributed by atoms with E-state index >= 15 is 0 Å². The van der Waals surface area contributed by atoms with Crippen molar-refractivity contribution in [2.45, 2.75) is 24.9 Å². The zero-order valence-electron chi connectivity index (χ0n) is 13.3. The second kappa shape index (κ2) is 5.89. The summed E-state index contributed by atoms with van der Waals surface area (Å²) in [6, 6.07) is 5.75. The van der Waals surface area contributed by atoms with E-state index in [0.29, 0.717) is 37.3 Å². The summed E-state index contributed by atoms with van der Waals surface area (Å²) in [4.78, 5) is 31.7. The molecular weight excluding hydrogens is 340 g/mol. The van der Waals surface area contributed by atoms with Gasteiger partial charge in [-0.15, -0.1) is 16.4 Å². The van der Waals surface area contributed by atoms with Gasteiger partial charge in [0.1, 0.15) is 16.2 Å². The molecular formula is C16H14N6O2S. The lowest BCUT2D eigenvalue weighted by Crippen LogP contribution is -2.57. The van der Waals surface area contributed by atoms with E-state index in [2.05, 4.69) is 21.3 Å². The molecule has 1 saturated carbocycles. The molecule has 8 nitrogen and oxygen atoms in total. The van der Waals surface area contributed by atoms with E-state index in [4.69, 9.17) is 0 Å². The Morgan fingerprint density at radius 3 is 2.64 bits per heavy atom. The fourth-order valence-electron chi connectivity index (χ4n) is 2.90. The third-order valence-corrected chi connectivity index (χ3v) is 5.28. The summed E-state index contributed by atoms with van der Waals surface area (Å²) in [6.07, 6.45) is 2.99. The quantitative estimate of drug-likeness (QED) is 0.753. The summed E-state index contributed by atoms with van der Waals surface area (Å²) in [5.41, 5.74) is 0.528. The minimum atomic E-state index is -0.756. The fourth-order valence-corrected chi connectivity index (χ4v) is 3.50. The van der Waals surface area contributed by atoms with E-state index in [0.717, 1.165) is 5.01 Å². The van der Waals surface area contributed by atoms with Gasteiger partial charge in [-0.3, -0.25) is 9.59 Å². The summed E-state index contributed by atoms with van der Waals surface area (Å²) in [5.74, 6) is -1.18. The first-order chi connectivity index (χ1) is 12.1. The Labute approximate surface area is 147 Å². The van der Waals surface area contributed by atoms with Crippen LogP contribution in [0.1, 0.15) is 18.5 Å². The third kappa shape index (κ3) is 2.74. The lowest BCUT2D eigenvalue weighted by molar-refractivity contribution is -0.158. The number of nitrogens with zero attached hydrogens (tertiary/aromatic N) is 6. The average Bonchev–Trinajstić information content (AvgIpc) is 3.23. The Morgan fingerprint density at radius 1 is 1.20 bits per heavy atom. The minimum absolute atomic E-state index is 0.225. The highest BCUT2D eigenvalue weighted by Gasteiger charge is 2.54. The van der Waals surface area contributed by atoms with Crippen molar-refractivity contribution in [1.82, 2.24) is 25.0 Å². The first-order valence-electron chi connectivity index (χ1n) is 7.87. The topological polar surface area (TPSA) is 103 Å². The molecule has 126 valence electrons. The fraction of sp³-hybridized carbons (Fsp3) is 0.375. The second-order valence-electron chi connectivity index (χ2n) is 6.07. The second-order valence-corrected chi connectivity index (χ2v) is 6.97. The number of hydrogen-bond acceptors (Lipinski definition) is 7. The molecule has 1 aliphatic heterocycles. The molecule has 0 atom stereocenters. The third-order valence-electron chi connectivity index (χ3n) is 4.48. The maximum absolute atomic E-state index is 12.4. The molecule has 0 aromatic carbocycles. The van der Waals surface area contributed by atoms with Crippen LogP contribution in [0.2, 0.25) is 0 Å². The molecule has 2 fully saturated rings. The van der Waals surface area contributed by atoms with Crippen molar-refractivity contribution in [2.75, 3.05) is 13.1 Å². The molecule has 0 radical (unpaired) electrons. The maximum atomic E-state index is 12.4. The van der Waals surface area contributed by atoms with Crippen molar-refractivity contribution in [3.05, 3.63) is 29.4 Å². The standard InChI is InChI=1S/C16H14N6O2S/c17-10-16(3-4-16)22-7-6-21(14(23)15(22)24)9-11-1-2-12(20-19-11)13-18-5-8-25-13/h1-2,5,8H,3-4,6-7,9H2. The predicted molar refractivity (Wildman–Crippen MR) is 87.8 cm³/mol. The van der Waals surface area contributed by atoms with Gasteiger partial charge >= 0.3 is 11.8 Å².